The van der Waals surface area contributed by atoms with Crippen molar-refractivity contribution < 1.29 is 23.8 Å². The van der Waals surface area contributed by atoms with E-state index in [9.17, 15) is 9.59 Å². The first-order valence-corrected chi connectivity index (χ1v) is 10.8. The molecule has 0 radical (unpaired) electrons. The van der Waals surface area contributed by atoms with Crippen LogP contribution in [-0.4, -0.2) is 25.8 Å². The van der Waals surface area contributed by atoms with Crippen molar-refractivity contribution >= 4 is 51.4 Å². The van der Waals surface area contributed by atoms with Gasteiger partial charge in [-0.1, -0.05) is 29.3 Å². The zero-order valence-electron chi connectivity index (χ0n) is 16.6. The molecule has 1 aliphatic heterocycles. The number of amides is 1. The summed E-state index contributed by atoms with van der Waals surface area (Å²) in [7, 11) is 1.30. The van der Waals surface area contributed by atoms with Crippen LogP contribution >= 0.6 is 34.5 Å². The minimum Gasteiger partial charge on any atom is -0.465 e. The van der Waals surface area contributed by atoms with Crippen LogP contribution in [0.25, 0.3) is 0 Å². The van der Waals surface area contributed by atoms with E-state index in [1.807, 2.05) is 25.1 Å². The number of nitrogens with one attached hydrogen (secondary N) is 1. The molecule has 1 N–H and O–H groups in total. The number of carbonyl (C=O) groups excluding carboxylic acids is 2. The van der Waals surface area contributed by atoms with Crippen molar-refractivity contribution in [2.24, 2.45) is 0 Å². The Morgan fingerprint density at radius 3 is 2.52 bits per heavy atom. The molecule has 9 heteroatoms. The Kier molecular flexibility index (Phi) is 6.09. The lowest BCUT2D eigenvalue weighted by Crippen LogP contribution is -2.14. The van der Waals surface area contributed by atoms with Crippen LogP contribution in [-0.2, 0) is 11.2 Å². The van der Waals surface area contributed by atoms with Crippen LogP contribution < -0.4 is 14.8 Å². The van der Waals surface area contributed by atoms with Gasteiger partial charge in [0.05, 0.1) is 12.7 Å². The van der Waals surface area contributed by atoms with Gasteiger partial charge in [-0.3, -0.25) is 4.79 Å². The number of thiophene rings is 1. The van der Waals surface area contributed by atoms with Gasteiger partial charge in [0.15, 0.2) is 11.5 Å². The van der Waals surface area contributed by atoms with Crippen molar-refractivity contribution in [3.8, 4) is 11.5 Å². The predicted octanol–water partition coefficient (Wildman–Crippen LogP) is 5.72. The number of hydrogen-bond donors (Lipinski definition) is 1. The molecule has 0 saturated heterocycles. The number of hydrogen-bond acceptors (Lipinski definition) is 6. The highest BCUT2D eigenvalue weighted by atomic mass is 35.5. The van der Waals surface area contributed by atoms with E-state index in [0.29, 0.717) is 38.5 Å². The van der Waals surface area contributed by atoms with Crippen molar-refractivity contribution in [1.29, 1.82) is 0 Å². The minimum absolute atomic E-state index is 0.201. The summed E-state index contributed by atoms with van der Waals surface area (Å²) in [6, 6.07) is 10.3. The first-order valence-electron chi connectivity index (χ1n) is 9.22. The normalized spacial score (nSPS) is 12.0. The molecule has 160 valence electrons. The van der Waals surface area contributed by atoms with Crippen molar-refractivity contribution in [2.45, 2.75) is 13.3 Å². The third kappa shape index (κ3) is 4.49. The first-order chi connectivity index (χ1) is 14.9. The molecule has 0 aliphatic carbocycles. The average molecular weight is 478 g/mol. The van der Waals surface area contributed by atoms with Crippen LogP contribution in [0.3, 0.4) is 0 Å². The smallest absolute Gasteiger partial charge is 0.341 e. The highest BCUT2D eigenvalue weighted by Gasteiger charge is 2.24. The van der Waals surface area contributed by atoms with Gasteiger partial charge in [-0.2, -0.15) is 0 Å². The van der Waals surface area contributed by atoms with Crippen LogP contribution in [0, 0.1) is 6.92 Å². The summed E-state index contributed by atoms with van der Waals surface area (Å²) < 4.78 is 15.7. The molecule has 6 nitrogen and oxygen atoms in total. The summed E-state index contributed by atoms with van der Waals surface area (Å²) in [4.78, 5) is 26.2. The molecule has 2 heterocycles. The van der Waals surface area contributed by atoms with Crippen molar-refractivity contribution in [3.05, 3.63) is 73.6 Å². The van der Waals surface area contributed by atoms with E-state index < -0.39 is 11.9 Å². The van der Waals surface area contributed by atoms with Crippen molar-refractivity contribution in [2.75, 3.05) is 19.2 Å². The number of carbonyl (C=O) groups is 2. The SMILES string of the molecule is COC(=O)c1c(NC(=O)c2cc(Cl)cc(Cl)c2)sc(Cc2ccc3c(c2)OCO3)c1C. The fourth-order valence-corrected chi connectivity index (χ4v) is 5.01. The molecular weight excluding hydrogens is 461 g/mol. The molecule has 1 aromatic heterocycles. The van der Waals surface area contributed by atoms with Crippen molar-refractivity contribution in [3.63, 3.8) is 0 Å². The van der Waals surface area contributed by atoms with E-state index in [0.717, 1.165) is 16.0 Å². The van der Waals surface area contributed by atoms with Crippen LogP contribution in [0.4, 0.5) is 5.00 Å². The van der Waals surface area contributed by atoms with Crippen LogP contribution in [0.1, 0.15) is 36.7 Å². The number of anilines is 1. The van der Waals surface area contributed by atoms with E-state index >= 15 is 0 Å². The zero-order chi connectivity index (χ0) is 22.1. The third-order valence-electron chi connectivity index (χ3n) is 4.79. The minimum atomic E-state index is -0.523. The Labute approximate surface area is 192 Å². The van der Waals surface area contributed by atoms with E-state index in [-0.39, 0.29) is 12.4 Å². The molecule has 1 aliphatic rings. The molecule has 0 saturated carbocycles. The van der Waals surface area contributed by atoms with Crippen molar-refractivity contribution in [1.82, 2.24) is 0 Å². The van der Waals surface area contributed by atoms with Gasteiger partial charge >= 0.3 is 5.97 Å². The predicted molar refractivity (Wildman–Crippen MR) is 120 cm³/mol. The standard InChI is InChI=1S/C22H17Cl2NO5S/c1-11-18(6-12-3-4-16-17(5-12)30-10-29-16)31-21(19(11)22(27)28-2)25-20(26)13-7-14(23)9-15(24)8-13/h3-5,7-9H,6,10H2,1-2H3,(H,25,26). The number of halogens is 2. The average Bonchev–Trinajstić information content (AvgIpc) is 3.31. The lowest BCUT2D eigenvalue weighted by atomic mass is 10.1. The molecule has 0 spiro atoms. The number of methoxy groups -OCH3 is 1. The fraction of sp³-hybridized carbons (Fsp3) is 0.182. The summed E-state index contributed by atoms with van der Waals surface area (Å²) in [6.07, 6.45) is 0.552. The van der Waals surface area contributed by atoms with Gasteiger partial charge in [0.2, 0.25) is 6.79 Å². The van der Waals surface area contributed by atoms with Gasteiger partial charge in [-0.05, 0) is 48.4 Å². The molecule has 2 aromatic carbocycles. The summed E-state index contributed by atoms with van der Waals surface area (Å²) >= 11 is 13.3. The lowest BCUT2D eigenvalue weighted by Gasteiger charge is -2.07. The number of fused-ring (bicyclic) bond motifs is 1. The third-order valence-corrected chi connectivity index (χ3v) is 6.43. The van der Waals surface area contributed by atoms with Gasteiger partial charge < -0.3 is 19.5 Å². The Balaban J connectivity index is 1.65. The van der Waals surface area contributed by atoms with Gasteiger partial charge in [0.25, 0.3) is 5.91 Å². The largest absolute Gasteiger partial charge is 0.465 e. The number of benzene rings is 2. The molecule has 0 fully saturated rings. The van der Waals surface area contributed by atoms with E-state index in [1.165, 1.54) is 30.6 Å². The fourth-order valence-electron chi connectivity index (χ4n) is 3.26. The molecule has 0 unspecified atom stereocenters. The molecule has 31 heavy (non-hydrogen) atoms. The molecule has 0 bridgehead atoms. The number of esters is 1. The maximum absolute atomic E-state index is 12.8. The van der Waals surface area contributed by atoms with Gasteiger partial charge in [0, 0.05) is 26.9 Å². The van der Waals surface area contributed by atoms with E-state index in [2.05, 4.69) is 5.32 Å². The molecule has 0 atom stereocenters. The number of rotatable bonds is 5. The second-order valence-corrected chi connectivity index (χ2v) is 8.80. The van der Waals surface area contributed by atoms with Gasteiger partial charge in [-0.15, -0.1) is 11.3 Å². The number of ether oxygens (including phenoxy) is 3. The first kappa shape index (κ1) is 21.5. The van der Waals surface area contributed by atoms with Crippen LogP contribution in [0.2, 0.25) is 10.0 Å². The summed E-state index contributed by atoms with van der Waals surface area (Å²) in [5.74, 6) is 0.442. The van der Waals surface area contributed by atoms with E-state index in [1.54, 1.807) is 6.07 Å². The Bertz CT molecular complexity index is 1170. The van der Waals surface area contributed by atoms with Gasteiger partial charge in [0.1, 0.15) is 5.00 Å². The Hall–Kier alpha value is -2.74. The van der Waals surface area contributed by atoms with Crippen LogP contribution in [0.15, 0.2) is 36.4 Å². The zero-order valence-corrected chi connectivity index (χ0v) is 18.9. The topological polar surface area (TPSA) is 73.9 Å². The maximum Gasteiger partial charge on any atom is 0.341 e. The summed E-state index contributed by atoms with van der Waals surface area (Å²) in [5.41, 5.74) is 2.35. The molecule has 4 rings (SSSR count). The second kappa shape index (κ2) is 8.78. The second-order valence-electron chi connectivity index (χ2n) is 6.82. The molecule has 3 aromatic rings. The molecule has 1 amide bonds. The summed E-state index contributed by atoms with van der Waals surface area (Å²) in [6.45, 7) is 2.03. The van der Waals surface area contributed by atoms with E-state index in [4.69, 9.17) is 37.4 Å². The quantitative estimate of drug-likeness (QED) is 0.475. The van der Waals surface area contributed by atoms with Crippen LogP contribution in [0.5, 0.6) is 11.5 Å². The highest BCUT2D eigenvalue weighted by molar-refractivity contribution is 7.17. The Morgan fingerprint density at radius 1 is 1.10 bits per heavy atom. The monoisotopic (exact) mass is 477 g/mol. The highest BCUT2D eigenvalue weighted by Crippen LogP contribution is 2.38. The van der Waals surface area contributed by atoms with Gasteiger partial charge in [-0.25, -0.2) is 4.79 Å². The summed E-state index contributed by atoms with van der Waals surface area (Å²) in [5, 5.41) is 3.89. The Morgan fingerprint density at radius 2 is 1.81 bits per heavy atom. The lowest BCUT2D eigenvalue weighted by molar-refractivity contribution is 0.0601. The molecular formula is C22H17Cl2NO5S. The maximum atomic E-state index is 12.8.